The van der Waals surface area contributed by atoms with Gasteiger partial charge in [0.1, 0.15) is 5.41 Å². The molecule has 3 amide bonds. The maximum absolute atomic E-state index is 13.0. The van der Waals surface area contributed by atoms with Crippen LogP contribution in [0.1, 0.15) is 20.8 Å². The molecule has 24 heavy (non-hydrogen) atoms. The molecule has 0 saturated carbocycles. The van der Waals surface area contributed by atoms with Crippen molar-refractivity contribution >= 4 is 23.9 Å². The molecule has 1 heterocycles. The molecule has 2 rings (SSSR count). The molecule has 1 fully saturated rings. The average Bonchev–Trinajstić information content (AvgIpc) is 2.62. The number of para-hydroxylation sites is 1. The number of nitrogens with zero attached hydrogens (tertiary/aromatic N) is 3. The van der Waals surface area contributed by atoms with Crippen molar-refractivity contribution in [3.8, 4) is 0 Å². The maximum Gasteiger partial charge on any atom is 0.242 e. The Morgan fingerprint density at radius 1 is 1.12 bits per heavy atom. The van der Waals surface area contributed by atoms with E-state index < -0.39 is 5.41 Å². The molecule has 0 unspecified atom stereocenters. The average molecular weight is 331 g/mol. The Labute approximate surface area is 143 Å². The largest absolute Gasteiger partial charge is 0.342 e. The first-order valence-corrected chi connectivity index (χ1v) is 8.27. The summed E-state index contributed by atoms with van der Waals surface area (Å²) < 4.78 is 0. The number of amides is 3. The number of piperazine rings is 1. The van der Waals surface area contributed by atoms with Gasteiger partial charge in [0, 0.05) is 38.4 Å². The van der Waals surface area contributed by atoms with Crippen LogP contribution in [0.3, 0.4) is 0 Å². The fourth-order valence-corrected chi connectivity index (χ4v) is 2.91. The van der Waals surface area contributed by atoms with Crippen LogP contribution in [0.2, 0.25) is 0 Å². The predicted octanol–water partition coefficient (Wildman–Crippen LogP) is 1.37. The van der Waals surface area contributed by atoms with E-state index in [1.807, 2.05) is 37.3 Å². The molecule has 1 aromatic carbocycles. The van der Waals surface area contributed by atoms with E-state index in [1.54, 1.807) is 28.5 Å². The van der Waals surface area contributed by atoms with Gasteiger partial charge < -0.3 is 14.7 Å². The Morgan fingerprint density at radius 3 is 2.21 bits per heavy atom. The minimum Gasteiger partial charge on any atom is -0.342 e. The van der Waals surface area contributed by atoms with Crippen LogP contribution in [-0.4, -0.2) is 60.7 Å². The van der Waals surface area contributed by atoms with E-state index in [4.69, 9.17) is 0 Å². The Bertz CT molecular complexity index is 593. The van der Waals surface area contributed by atoms with Crippen molar-refractivity contribution in [2.24, 2.45) is 5.41 Å². The highest BCUT2D eigenvalue weighted by molar-refractivity contribution is 6.11. The topological polar surface area (TPSA) is 60.9 Å². The summed E-state index contributed by atoms with van der Waals surface area (Å²) >= 11 is 0. The van der Waals surface area contributed by atoms with Crippen LogP contribution in [0, 0.1) is 5.41 Å². The van der Waals surface area contributed by atoms with E-state index in [0.717, 1.165) is 12.1 Å². The van der Waals surface area contributed by atoms with Gasteiger partial charge in [0.2, 0.25) is 18.2 Å². The van der Waals surface area contributed by atoms with Gasteiger partial charge in [-0.2, -0.15) is 0 Å². The van der Waals surface area contributed by atoms with E-state index in [1.165, 1.54) is 0 Å². The zero-order valence-corrected chi connectivity index (χ0v) is 14.6. The third-order valence-electron chi connectivity index (χ3n) is 4.45. The number of rotatable bonds is 5. The van der Waals surface area contributed by atoms with Gasteiger partial charge in [-0.15, -0.1) is 0 Å². The number of anilines is 1. The molecule has 0 bridgehead atoms. The van der Waals surface area contributed by atoms with Crippen LogP contribution in [0.4, 0.5) is 5.69 Å². The second kappa shape index (κ2) is 7.47. The highest BCUT2D eigenvalue weighted by Gasteiger charge is 2.42. The van der Waals surface area contributed by atoms with Crippen molar-refractivity contribution in [3.63, 3.8) is 0 Å². The number of hydrogen-bond donors (Lipinski definition) is 0. The van der Waals surface area contributed by atoms with Crippen molar-refractivity contribution in [2.75, 3.05) is 37.6 Å². The summed E-state index contributed by atoms with van der Waals surface area (Å²) in [5, 5.41) is 0. The van der Waals surface area contributed by atoms with Crippen LogP contribution < -0.4 is 4.90 Å². The number of carbonyl (C=O) groups excluding carboxylic acids is 3. The summed E-state index contributed by atoms with van der Waals surface area (Å²) in [6, 6.07) is 9.37. The van der Waals surface area contributed by atoms with Gasteiger partial charge in [0.05, 0.1) is 0 Å². The summed E-state index contributed by atoms with van der Waals surface area (Å²) in [5.41, 5.74) is -0.355. The molecule has 1 aliphatic rings. The van der Waals surface area contributed by atoms with E-state index in [2.05, 4.69) is 0 Å². The van der Waals surface area contributed by atoms with Crippen LogP contribution in [0.25, 0.3) is 0 Å². The molecular weight excluding hydrogens is 306 g/mol. The second-order valence-corrected chi connectivity index (χ2v) is 6.44. The molecule has 6 nitrogen and oxygen atoms in total. The van der Waals surface area contributed by atoms with Crippen LogP contribution in [0.5, 0.6) is 0 Å². The molecule has 0 atom stereocenters. The lowest BCUT2D eigenvalue weighted by molar-refractivity contribution is -0.149. The first kappa shape index (κ1) is 18.0. The summed E-state index contributed by atoms with van der Waals surface area (Å²) in [6.07, 6.45) is 0.798. The minimum atomic E-state index is -1.14. The van der Waals surface area contributed by atoms with Crippen molar-refractivity contribution < 1.29 is 14.4 Å². The standard InChI is InChI=1S/C18H25N3O3/c1-4-21(15-8-6-5-7-9-15)17(24)18(2,3)16(23)20-12-10-19(14-22)11-13-20/h5-9,14H,4,10-13H2,1-3H3. The van der Waals surface area contributed by atoms with Crippen LogP contribution in [0.15, 0.2) is 30.3 Å². The van der Waals surface area contributed by atoms with Gasteiger partial charge in [-0.1, -0.05) is 18.2 Å². The monoisotopic (exact) mass is 331 g/mol. The van der Waals surface area contributed by atoms with Crippen molar-refractivity contribution in [1.29, 1.82) is 0 Å². The normalized spacial score (nSPS) is 15.1. The van der Waals surface area contributed by atoms with Crippen LogP contribution in [-0.2, 0) is 14.4 Å². The quantitative estimate of drug-likeness (QED) is 0.605. The van der Waals surface area contributed by atoms with Crippen molar-refractivity contribution in [1.82, 2.24) is 9.80 Å². The predicted molar refractivity (Wildman–Crippen MR) is 92.5 cm³/mol. The van der Waals surface area contributed by atoms with E-state index in [-0.39, 0.29) is 11.8 Å². The number of hydrogen-bond acceptors (Lipinski definition) is 3. The third kappa shape index (κ3) is 3.58. The van der Waals surface area contributed by atoms with E-state index >= 15 is 0 Å². The molecule has 0 aliphatic carbocycles. The molecule has 0 spiro atoms. The lowest BCUT2D eigenvalue weighted by atomic mass is 9.89. The second-order valence-electron chi connectivity index (χ2n) is 6.44. The van der Waals surface area contributed by atoms with Gasteiger partial charge in [-0.05, 0) is 32.9 Å². The zero-order valence-electron chi connectivity index (χ0n) is 14.6. The Balaban J connectivity index is 2.14. The summed E-state index contributed by atoms with van der Waals surface area (Å²) in [5.74, 6) is -0.397. The van der Waals surface area contributed by atoms with Crippen molar-refractivity contribution in [2.45, 2.75) is 20.8 Å². The molecule has 1 saturated heterocycles. The molecule has 0 radical (unpaired) electrons. The van der Waals surface area contributed by atoms with E-state index in [9.17, 15) is 14.4 Å². The Hall–Kier alpha value is -2.37. The van der Waals surface area contributed by atoms with Gasteiger partial charge in [0.25, 0.3) is 0 Å². The smallest absolute Gasteiger partial charge is 0.242 e. The molecule has 1 aliphatic heterocycles. The molecule has 6 heteroatoms. The third-order valence-corrected chi connectivity index (χ3v) is 4.45. The fraction of sp³-hybridized carbons (Fsp3) is 0.500. The summed E-state index contributed by atoms with van der Waals surface area (Å²) in [4.78, 5) is 41.6. The number of carbonyl (C=O) groups is 3. The van der Waals surface area contributed by atoms with E-state index in [0.29, 0.717) is 32.7 Å². The first-order chi connectivity index (χ1) is 11.4. The highest BCUT2D eigenvalue weighted by Crippen LogP contribution is 2.26. The van der Waals surface area contributed by atoms with Gasteiger partial charge in [-0.3, -0.25) is 14.4 Å². The van der Waals surface area contributed by atoms with Crippen molar-refractivity contribution in [3.05, 3.63) is 30.3 Å². The summed E-state index contributed by atoms with van der Waals surface area (Å²) in [6.45, 7) is 7.69. The first-order valence-electron chi connectivity index (χ1n) is 8.27. The highest BCUT2D eigenvalue weighted by atomic mass is 16.2. The fourth-order valence-electron chi connectivity index (χ4n) is 2.91. The molecule has 0 N–H and O–H groups in total. The molecule has 130 valence electrons. The maximum atomic E-state index is 13.0. The Kier molecular flexibility index (Phi) is 5.59. The van der Waals surface area contributed by atoms with Gasteiger partial charge >= 0.3 is 0 Å². The zero-order chi connectivity index (χ0) is 17.7. The summed E-state index contributed by atoms with van der Waals surface area (Å²) in [7, 11) is 0. The molecule has 0 aromatic heterocycles. The number of benzene rings is 1. The molecule has 1 aromatic rings. The minimum absolute atomic E-state index is 0.188. The Morgan fingerprint density at radius 2 is 1.71 bits per heavy atom. The van der Waals surface area contributed by atoms with Gasteiger partial charge in [0.15, 0.2) is 0 Å². The van der Waals surface area contributed by atoms with Gasteiger partial charge in [-0.25, -0.2) is 0 Å². The van der Waals surface area contributed by atoms with Crippen LogP contribution >= 0.6 is 0 Å². The lowest BCUT2D eigenvalue weighted by Crippen LogP contribution is -2.55. The molecular formula is C18H25N3O3. The SMILES string of the molecule is CCN(C(=O)C(C)(C)C(=O)N1CCN(C=O)CC1)c1ccccc1. The lowest BCUT2D eigenvalue weighted by Gasteiger charge is -2.38.